The van der Waals surface area contributed by atoms with E-state index in [0.717, 1.165) is 28.8 Å². The van der Waals surface area contributed by atoms with E-state index in [4.69, 9.17) is 0 Å². The van der Waals surface area contributed by atoms with Crippen LogP contribution >= 0.6 is 0 Å². The Morgan fingerprint density at radius 1 is 0.907 bits per heavy atom. The van der Waals surface area contributed by atoms with Gasteiger partial charge in [0, 0.05) is 12.6 Å². The SMILES string of the molecule is CC[C@H](C)NC(=O)[C@H](CC)N(Cc1ccccc1C)C(=O)CN(c1cccc(C(F)(F)F)c1)S(=O)(=O)c1ccc(C)cc1. The van der Waals surface area contributed by atoms with Crippen molar-refractivity contribution < 1.29 is 31.2 Å². The predicted molar refractivity (Wildman–Crippen MR) is 161 cm³/mol. The summed E-state index contributed by atoms with van der Waals surface area (Å²) in [5.74, 6) is -1.13. The Morgan fingerprint density at radius 3 is 2.14 bits per heavy atom. The second-order valence-corrected chi connectivity index (χ2v) is 12.4. The van der Waals surface area contributed by atoms with Crippen molar-refractivity contribution >= 4 is 27.5 Å². The average molecular weight is 618 g/mol. The average Bonchev–Trinajstić information content (AvgIpc) is 2.96. The number of sulfonamides is 1. The van der Waals surface area contributed by atoms with Gasteiger partial charge in [0.15, 0.2) is 0 Å². The molecular weight excluding hydrogens is 579 g/mol. The minimum atomic E-state index is -4.74. The van der Waals surface area contributed by atoms with Crippen molar-refractivity contribution in [2.75, 3.05) is 10.8 Å². The number of hydrogen-bond donors (Lipinski definition) is 1. The third-order valence-corrected chi connectivity index (χ3v) is 9.13. The maximum Gasteiger partial charge on any atom is 0.416 e. The van der Waals surface area contributed by atoms with E-state index in [-0.39, 0.29) is 29.6 Å². The van der Waals surface area contributed by atoms with Gasteiger partial charge >= 0.3 is 6.18 Å². The van der Waals surface area contributed by atoms with Crippen LogP contribution in [0.2, 0.25) is 0 Å². The summed E-state index contributed by atoms with van der Waals surface area (Å²) in [5.41, 5.74) is 1.01. The molecule has 43 heavy (non-hydrogen) atoms. The third-order valence-electron chi connectivity index (χ3n) is 7.34. The lowest BCUT2D eigenvalue weighted by atomic mass is 10.1. The largest absolute Gasteiger partial charge is 0.416 e. The van der Waals surface area contributed by atoms with Crippen molar-refractivity contribution in [2.24, 2.45) is 0 Å². The first kappa shape index (κ1) is 33.6. The third kappa shape index (κ3) is 8.37. The molecule has 0 radical (unpaired) electrons. The molecule has 11 heteroatoms. The molecule has 3 rings (SSSR count). The minimum absolute atomic E-state index is 0.00104. The Kier molecular flexibility index (Phi) is 11.0. The van der Waals surface area contributed by atoms with Crippen LogP contribution in [0.1, 0.15) is 55.9 Å². The zero-order valence-corrected chi connectivity index (χ0v) is 25.8. The van der Waals surface area contributed by atoms with Crippen LogP contribution < -0.4 is 9.62 Å². The molecule has 0 heterocycles. The van der Waals surface area contributed by atoms with Gasteiger partial charge in [-0.1, -0.05) is 61.9 Å². The van der Waals surface area contributed by atoms with Gasteiger partial charge in [-0.05, 0) is 75.1 Å². The molecule has 0 aliphatic rings. The molecule has 0 aliphatic carbocycles. The Morgan fingerprint density at radius 2 is 1.56 bits per heavy atom. The van der Waals surface area contributed by atoms with Crippen molar-refractivity contribution in [1.82, 2.24) is 10.2 Å². The smallest absolute Gasteiger partial charge is 0.352 e. The highest BCUT2D eigenvalue weighted by molar-refractivity contribution is 7.92. The quantitative estimate of drug-likeness (QED) is 0.261. The summed E-state index contributed by atoms with van der Waals surface area (Å²) in [6.45, 7) is 8.28. The summed E-state index contributed by atoms with van der Waals surface area (Å²) in [6.07, 6.45) is -3.85. The normalized spacial score (nSPS) is 13.2. The monoisotopic (exact) mass is 617 g/mol. The van der Waals surface area contributed by atoms with Gasteiger partial charge in [0.2, 0.25) is 11.8 Å². The highest BCUT2D eigenvalue weighted by atomic mass is 32.2. The first-order valence-electron chi connectivity index (χ1n) is 14.1. The second-order valence-electron chi connectivity index (χ2n) is 10.6. The van der Waals surface area contributed by atoms with Gasteiger partial charge in [0.1, 0.15) is 12.6 Å². The number of anilines is 1. The molecule has 0 fully saturated rings. The number of carbonyl (C=O) groups is 2. The molecule has 0 bridgehead atoms. The topological polar surface area (TPSA) is 86.8 Å². The van der Waals surface area contributed by atoms with Crippen LogP contribution in [0.4, 0.5) is 18.9 Å². The van der Waals surface area contributed by atoms with Crippen LogP contribution in [-0.2, 0) is 32.3 Å². The maximum atomic E-state index is 14.1. The van der Waals surface area contributed by atoms with Crippen LogP contribution in [0.25, 0.3) is 0 Å². The van der Waals surface area contributed by atoms with E-state index in [9.17, 15) is 31.2 Å². The van der Waals surface area contributed by atoms with E-state index in [1.54, 1.807) is 32.0 Å². The molecule has 0 unspecified atom stereocenters. The minimum Gasteiger partial charge on any atom is -0.352 e. The highest BCUT2D eigenvalue weighted by Crippen LogP contribution is 2.33. The molecule has 0 aliphatic heterocycles. The fraction of sp³-hybridized carbons (Fsp3) is 0.375. The zero-order chi connectivity index (χ0) is 31.9. The van der Waals surface area contributed by atoms with Gasteiger partial charge in [-0.15, -0.1) is 0 Å². The highest BCUT2D eigenvalue weighted by Gasteiger charge is 2.36. The fourth-order valence-corrected chi connectivity index (χ4v) is 5.94. The molecule has 2 atom stereocenters. The number of nitrogens with one attached hydrogen (secondary N) is 1. The van der Waals surface area contributed by atoms with Crippen molar-refractivity contribution in [3.05, 3.63) is 95.1 Å². The molecular formula is C32H38F3N3O4S. The molecule has 232 valence electrons. The predicted octanol–water partition coefficient (Wildman–Crippen LogP) is 6.24. The number of hydrogen-bond acceptors (Lipinski definition) is 4. The molecule has 0 aromatic heterocycles. The van der Waals surface area contributed by atoms with Crippen LogP contribution in [-0.4, -0.2) is 43.8 Å². The lowest BCUT2D eigenvalue weighted by molar-refractivity contribution is -0.140. The van der Waals surface area contributed by atoms with Gasteiger partial charge in [0.05, 0.1) is 16.1 Å². The van der Waals surface area contributed by atoms with Crippen molar-refractivity contribution in [2.45, 2.75) is 77.2 Å². The Hall–Kier alpha value is -3.86. The van der Waals surface area contributed by atoms with E-state index in [1.165, 1.54) is 23.1 Å². The Bertz CT molecular complexity index is 1530. The van der Waals surface area contributed by atoms with Crippen LogP contribution in [0, 0.1) is 13.8 Å². The standard InChI is InChI=1S/C32H38F3N3O4S/c1-6-24(5)36-31(40)29(7-2)37(20-25-12-9-8-11-23(25)4)30(39)21-38(27-14-10-13-26(19-27)32(33,34)35)43(41,42)28-17-15-22(3)16-18-28/h8-19,24,29H,6-7,20-21H2,1-5H3,(H,36,40)/t24-,29-/m0/s1. The van der Waals surface area contributed by atoms with Gasteiger partial charge in [0.25, 0.3) is 10.0 Å². The molecule has 0 saturated carbocycles. The van der Waals surface area contributed by atoms with E-state index in [1.807, 2.05) is 39.0 Å². The number of rotatable bonds is 12. The molecule has 0 saturated heterocycles. The Balaban J connectivity index is 2.13. The Labute approximate surface area is 251 Å². The van der Waals surface area contributed by atoms with Crippen molar-refractivity contribution in [3.63, 3.8) is 0 Å². The summed E-state index contributed by atoms with van der Waals surface area (Å²) in [6, 6.07) is 15.8. The number of alkyl halides is 3. The summed E-state index contributed by atoms with van der Waals surface area (Å²) >= 11 is 0. The number of amides is 2. The first-order valence-corrected chi connectivity index (χ1v) is 15.5. The molecule has 2 amide bonds. The molecule has 7 nitrogen and oxygen atoms in total. The summed E-state index contributed by atoms with van der Waals surface area (Å²) in [7, 11) is -4.50. The van der Waals surface area contributed by atoms with Gasteiger partial charge in [-0.3, -0.25) is 13.9 Å². The van der Waals surface area contributed by atoms with E-state index in [2.05, 4.69) is 5.32 Å². The molecule has 3 aromatic carbocycles. The van der Waals surface area contributed by atoms with E-state index >= 15 is 0 Å². The number of nitrogens with zero attached hydrogens (tertiary/aromatic N) is 2. The van der Waals surface area contributed by atoms with Crippen LogP contribution in [0.3, 0.4) is 0 Å². The molecule has 1 N–H and O–H groups in total. The van der Waals surface area contributed by atoms with Crippen molar-refractivity contribution in [3.8, 4) is 0 Å². The van der Waals surface area contributed by atoms with Crippen LogP contribution in [0.15, 0.2) is 77.7 Å². The van der Waals surface area contributed by atoms with Gasteiger partial charge in [-0.25, -0.2) is 8.42 Å². The summed E-state index contributed by atoms with van der Waals surface area (Å²) < 4.78 is 69.5. The van der Waals surface area contributed by atoms with E-state index in [0.29, 0.717) is 16.8 Å². The molecule has 0 spiro atoms. The molecule has 3 aromatic rings. The second kappa shape index (κ2) is 14.1. The lowest BCUT2D eigenvalue weighted by Gasteiger charge is -2.34. The number of carbonyl (C=O) groups excluding carboxylic acids is 2. The summed E-state index contributed by atoms with van der Waals surface area (Å²) in [4.78, 5) is 28.6. The fourth-order valence-electron chi connectivity index (χ4n) is 4.54. The van der Waals surface area contributed by atoms with Gasteiger partial charge in [-0.2, -0.15) is 13.2 Å². The maximum absolute atomic E-state index is 14.1. The first-order chi connectivity index (χ1) is 20.2. The number of halogens is 3. The summed E-state index contributed by atoms with van der Waals surface area (Å²) in [5, 5.41) is 2.90. The zero-order valence-electron chi connectivity index (χ0n) is 25.0. The number of benzene rings is 3. The number of aryl methyl sites for hydroxylation is 2. The lowest BCUT2D eigenvalue weighted by Crippen LogP contribution is -2.53. The van der Waals surface area contributed by atoms with Crippen LogP contribution in [0.5, 0.6) is 0 Å². The van der Waals surface area contributed by atoms with Gasteiger partial charge < -0.3 is 10.2 Å². The van der Waals surface area contributed by atoms with Crippen molar-refractivity contribution in [1.29, 1.82) is 0 Å². The van der Waals surface area contributed by atoms with E-state index < -0.39 is 46.2 Å².